The number of anilines is 1. The van der Waals surface area contributed by atoms with Crippen molar-refractivity contribution >= 4 is 17.7 Å². The average molecular weight is 301 g/mol. The second kappa shape index (κ2) is 7.26. The molecule has 114 valence electrons. The first-order valence-corrected chi connectivity index (χ1v) is 6.59. The first-order chi connectivity index (χ1) is 10.6. The third kappa shape index (κ3) is 4.09. The normalized spacial score (nSPS) is 10.5. The van der Waals surface area contributed by atoms with E-state index in [1.54, 1.807) is 44.6 Å². The quantitative estimate of drug-likeness (QED) is 0.860. The van der Waals surface area contributed by atoms with Crippen LogP contribution in [0.3, 0.4) is 0 Å². The van der Waals surface area contributed by atoms with Gasteiger partial charge in [0.25, 0.3) is 0 Å². The lowest BCUT2D eigenvalue weighted by atomic mass is 10.1. The number of carbonyl (C=O) groups is 1. The molecule has 22 heavy (non-hydrogen) atoms. The fraction of sp³-hybridized carbons (Fsp3) is 0.118. The molecule has 0 saturated heterocycles. The van der Waals surface area contributed by atoms with Crippen molar-refractivity contribution in [2.75, 3.05) is 19.5 Å². The number of amides is 1. The molecular formula is C17H16FNO3. The van der Waals surface area contributed by atoms with E-state index >= 15 is 0 Å². The summed E-state index contributed by atoms with van der Waals surface area (Å²) in [6.45, 7) is 0. The first-order valence-electron chi connectivity index (χ1n) is 6.59. The Morgan fingerprint density at radius 1 is 1.14 bits per heavy atom. The summed E-state index contributed by atoms with van der Waals surface area (Å²) in [4.78, 5) is 11.9. The Kier molecular flexibility index (Phi) is 5.14. The molecule has 0 saturated carbocycles. The molecule has 0 aromatic heterocycles. The SMILES string of the molecule is COc1ccc(OC)c(/C=C/C(=O)Nc2cccc(F)c2)c1. The van der Waals surface area contributed by atoms with Gasteiger partial charge in [-0.3, -0.25) is 4.79 Å². The lowest BCUT2D eigenvalue weighted by molar-refractivity contribution is -0.111. The van der Waals surface area contributed by atoms with E-state index in [9.17, 15) is 9.18 Å². The molecule has 4 nitrogen and oxygen atoms in total. The van der Waals surface area contributed by atoms with E-state index in [1.165, 1.54) is 24.3 Å². The van der Waals surface area contributed by atoms with Gasteiger partial charge in [0.1, 0.15) is 17.3 Å². The van der Waals surface area contributed by atoms with Gasteiger partial charge in [0.05, 0.1) is 14.2 Å². The van der Waals surface area contributed by atoms with Gasteiger partial charge in [0.2, 0.25) is 5.91 Å². The van der Waals surface area contributed by atoms with Crippen molar-refractivity contribution in [3.63, 3.8) is 0 Å². The lowest BCUT2D eigenvalue weighted by Crippen LogP contribution is -2.07. The minimum atomic E-state index is -0.406. The summed E-state index contributed by atoms with van der Waals surface area (Å²) in [6, 6.07) is 11.0. The van der Waals surface area contributed by atoms with E-state index in [0.717, 1.165) is 0 Å². The van der Waals surface area contributed by atoms with Crippen LogP contribution in [0, 0.1) is 5.82 Å². The van der Waals surface area contributed by atoms with Crippen LogP contribution >= 0.6 is 0 Å². The molecule has 0 fully saturated rings. The topological polar surface area (TPSA) is 47.6 Å². The molecule has 5 heteroatoms. The Hall–Kier alpha value is -2.82. The molecule has 0 spiro atoms. The largest absolute Gasteiger partial charge is 0.497 e. The highest BCUT2D eigenvalue weighted by Crippen LogP contribution is 2.25. The molecule has 2 aromatic carbocycles. The number of carbonyl (C=O) groups excluding carboxylic acids is 1. The fourth-order valence-electron chi connectivity index (χ4n) is 1.89. The predicted octanol–water partition coefficient (Wildman–Crippen LogP) is 3.49. The number of methoxy groups -OCH3 is 2. The molecule has 1 amide bonds. The molecular weight excluding hydrogens is 285 g/mol. The van der Waals surface area contributed by atoms with Crippen LogP contribution in [0.1, 0.15) is 5.56 Å². The monoisotopic (exact) mass is 301 g/mol. The fourth-order valence-corrected chi connectivity index (χ4v) is 1.89. The molecule has 0 aliphatic carbocycles. The van der Waals surface area contributed by atoms with Crippen LogP contribution in [0.2, 0.25) is 0 Å². The van der Waals surface area contributed by atoms with Gasteiger partial charge in [0.15, 0.2) is 0 Å². The smallest absolute Gasteiger partial charge is 0.248 e. The van der Waals surface area contributed by atoms with Crippen LogP contribution in [0.5, 0.6) is 11.5 Å². The summed E-state index contributed by atoms with van der Waals surface area (Å²) >= 11 is 0. The third-order valence-electron chi connectivity index (χ3n) is 2.94. The molecule has 0 bridgehead atoms. The minimum Gasteiger partial charge on any atom is -0.497 e. The first kappa shape index (κ1) is 15.6. The molecule has 0 aliphatic heterocycles. The summed E-state index contributed by atoms with van der Waals surface area (Å²) < 4.78 is 23.4. The molecule has 0 unspecified atom stereocenters. The van der Waals surface area contributed by atoms with Crippen LogP contribution in [-0.4, -0.2) is 20.1 Å². The van der Waals surface area contributed by atoms with Crippen molar-refractivity contribution in [2.45, 2.75) is 0 Å². The van der Waals surface area contributed by atoms with E-state index in [4.69, 9.17) is 9.47 Å². The van der Waals surface area contributed by atoms with Gasteiger partial charge in [0, 0.05) is 17.3 Å². The second-order valence-corrected chi connectivity index (χ2v) is 4.44. The van der Waals surface area contributed by atoms with E-state index < -0.39 is 5.82 Å². The highest BCUT2D eigenvalue weighted by Gasteiger charge is 2.03. The van der Waals surface area contributed by atoms with Crippen LogP contribution in [0.4, 0.5) is 10.1 Å². The maximum absolute atomic E-state index is 13.1. The van der Waals surface area contributed by atoms with Crippen LogP contribution in [0.25, 0.3) is 6.08 Å². The number of rotatable bonds is 5. The predicted molar refractivity (Wildman–Crippen MR) is 83.6 cm³/mol. The van der Waals surface area contributed by atoms with Gasteiger partial charge < -0.3 is 14.8 Å². The summed E-state index contributed by atoms with van der Waals surface area (Å²) in [5, 5.41) is 2.58. The number of halogens is 1. The van der Waals surface area contributed by atoms with Crippen LogP contribution < -0.4 is 14.8 Å². The molecule has 2 aromatic rings. The molecule has 2 rings (SSSR count). The maximum Gasteiger partial charge on any atom is 0.248 e. The van der Waals surface area contributed by atoms with E-state index in [1.807, 2.05) is 0 Å². The summed E-state index contributed by atoms with van der Waals surface area (Å²) in [6.07, 6.45) is 2.96. The number of benzene rings is 2. The van der Waals surface area contributed by atoms with E-state index in [2.05, 4.69) is 5.32 Å². The Morgan fingerprint density at radius 3 is 2.64 bits per heavy atom. The number of hydrogen-bond acceptors (Lipinski definition) is 3. The highest BCUT2D eigenvalue weighted by molar-refractivity contribution is 6.02. The van der Waals surface area contributed by atoms with Crippen molar-refractivity contribution in [1.29, 1.82) is 0 Å². The zero-order valence-electron chi connectivity index (χ0n) is 12.3. The summed E-state index contributed by atoms with van der Waals surface area (Å²) in [5.74, 6) is 0.508. The number of nitrogens with one attached hydrogen (secondary N) is 1. The zero-order valence-corrected chi connectivity index (χ0v) is 12.3. The summed E-state index contributed by atoms with van der Waals surface area (Å²) in [5.41, 5.74) is 1.10. The highest BCUT2D eigenvalue weighted by atomic mass is 19.1. The van der Waals surface area contributed by atoms with E-state index in [0.29, 0.717) is 22.7 Å². The van der Waals surface area contributed by atoms with Crippen molar-refractivity contribution in [2.24, 2.45) is 0 Å². The Bertz CT molecular complexity index is 698. The van der Waals surface area contributed by atoms with Gasteiger partial charge in [-0.2, -0.15) is 0 Å². The molecule has 0 heterocycles. The van der Waals surface area contributed by atoms with Crippen LogP contribution in [0.15, 0.2) is 48.5 Å². The van der Waals surface area contributed by atoms with Gasteiger partial charge in [-0.05, 0) is 42.5 Å². The standard InChI is InChI=1S/C17H16FNO3/c1-21-15-7-8-16(22-2)12(10-15)6-9-17(20)19-14-5-3-4-13(18)11-14/h3-11H,1-2H3,(H,19,20)/b9-6+. The van der Waals surface area contributed by atoms with Crippen molar-refractivity contribution in [1.82, 2.24) is 0 Å². The maximum atomic E-state index is 13.1. The lowest BCUT2D eigenvalue weighted by Gasteiger charge is -2.07. The van der Waals surface area contributed by atoms with Gasteiger partial charge in [-0.25, -0.2) is 4.39 Å². The Labute approximate surface area is 128 Å². The van der Waals surface area contributed by atoms with Gasteiger partial charge in [-0.15, -0.1) is 0 Å². The molecule has 0 aliphatic rings. The minimum absolute atomic E-state index is 0.365. The van der Waals surface area contributed by atoms with Crippen molar-refractivity contribution < 1.29 is 18.7 Å². The Morgan fingerprint density at radius 2 is 1.95 bits per heavy atom. The number of ether oxygens (including phenoxy) is 2. The van der Waals surface area contributed by atoms with Crippen LogP contribution in [-0.2, 0) is 4.79 Å². The van der Waals surface area contributed by atoms with Gasteiger partial charge in [-0.1, -0.05) is 6.07 Å². The van der Waals surface area contributed by atoms with E-state index in [-0.39, 0.29) is 5.91 Å². The average Bonchev–Trinajstić information content (AvgIpc) is 2.52. The van der Waals surface area contributed by atoms with Crippen molar-refractivity contribution in [3.05, 3.63) is 59.9 Å². The number of hydrogen-bond donors (Lipinski definition) is 1. The third-order valence-corrected chi connectivity index (χ3v) is 2.94. The molecule has 0 radical (unpaired) electrons. The molecule has 1 N–H and O–H groups in total. The Balaban J connectivity index is 2.12. The summed E-state index contributed by atoms with van der Waals surface area (Å²) in [7, 11) is 3.11. The van der Waals surface area contributed by atoms with Crippen molar-refractivity contribution in [3.8, 4) is 11.5 Å². The zero-order chi connectivity index (χ0) is 15.9. The second-order valence-electron chi connectivity index (χ2n) is 4.44. The van der Waals surface area contributed by atoms with Gasteiger partial charge >= 0.3 is 0 Å². The molecule has 0 atom stereocenters.